The van der Waals surface area contributed by atoms with Crippen molar-refractivity contribution < 1.29 is 19.4 Å². The molecular formula is C24H22N2O4S. The molecule has 1 fully saturated rings. The highest BCUT2D eigenvalue weighted by molar-refractivity contribution is 7.14. The number of aliphatic hydroxyl groups excluding tert-OH is 1. The summed E-state index contributed by atoms with van der Waals surface area (Å²) in [7, 11) is 0. The molecule has 1 unspecified atom stereocenters. The molecule has 0 bridgehead atoms. The average Bonchev–Trinajstić information content (AvgIpc) is 3.41. The first-order valence-corrected chi connectivity index (χ1v) is 11.0. The lowest BCUT2D eigenvalue weighted by Gasteiger charge is -2.23. The molecule has 1 saturated heterocycles. The Hall–Kier alpha value is -3.45. The number of carbonyl (C=O) groups excluding carboxylic acids is 2. The Morgan fingerprint density at radius 2 is 1.94 bits per heavy atom. The van der Waals surface area contributed by atoms with E-state index in [1.807, 2.05) is 31.2 Å². The van der Waals surface area contributed by atoms with Gasteiger partial charge in [0.1, 0.15) is 11.5 Å². The van der Waals surface area contributed by atoms with Gasteiger partial charge in [-0.2, -0.15) is 0 Å². The number of Topliss-reactive ketones (excluding diaryl/α,β-unsaturated/α-hetero) is 1. The Bertz CT molecular complexity index is 1140. The lowest BCUT2D eigenvalue weighted by Crippen LogP contribution is -2.29. The maximum absolute atomic E-state index is 13.1. The molecule has 1 aliphatic heterocycles. The van der Waals surface area contributed by atoms with Crippen molar-refractivity contribution in [2.45, 2.75) is 26.3 Å². The van der Waals surface area contributed by atoms with Gasteiger partial charge in [0.25, 0.3) is 5.78 Å². The van der Waals surface area contributed by atoms with Crippen LogP contribution < -0.4 is 9.64 Å². The van der Waals surface area contributed by atoms with Crippen LogP contribution >= 0.6 is 11.3 Å². The Kier molecular flexibility index (Phi) is 5.86. The number of carbonyl (C=O) groups is 2. The van der Waals surface area contributed by atoms with Crippen LogP contribution in [0.4, 0.5) is 5.13 Å². The number of ketones is 1. The molecule has 2 aromatic carbocycles. The van der Waals surface area contributed by atoms with E-state index >= 15 is 0 Å². The number of hydrogen-bond acceptors (Lipinski definition) is 6. The van der Waals surface area contributed by atoms with Crippen LogP contribution in [0.15, 0.2) is 65.7 Å². The third-order valence-electron chi connectivity index (χ3n) is 5.19. The first-order valence-electron chi connectivity index (χ1n) is 10.1. The smallest absolute Gasteiger partial charge is 0.301 e. The highest BCUT2D eigenvalue weighted by atomic mass is 32.1. The summed E-state index contributed by atoms with van der Waals surface area (Å²) < 4.78 is 5.52. The second-order valence-electron chi connectivity index (χ2n) is 7.04. The van der Waals surface area contributed by atoms with Crippen LogP contribution in [0.5, 0.6) is 5.75 Å². The highest BCUT2D eigenvalue weighted by Gasteiger charge is 2.47. The number of thiazole rings is 1. The van der Waals surface area contributed by atoms with Gasteiger partial charge in [-0.05, 0) is 36.6 Å². The Labute approximate surface area is 184 Å². The number of ether oxygens (including phenoxy) is 1. The molecule has 0 aliphatic carbocycles. The summed E-state index contributed by atoms with van der Waals surface area (Å²) in [5.41, 5.74) is 2.32. The first-order chi connectivity index (χ1) is 15.0. The van der Waals surface area contributed by atoms with Crippen LogP contribution in [0.1, 0.15) is 36.6 Å². The summed E-state index contributed by atoms with van der Waals surface area (Å²) in [5, 5.41) is 13.3. The van der Waals surface area contributed by atoms with Crippen LogP contribution in [0.3, 0.4) is 0 Å². The first kappa shape index (κ1) is 20.8. The second-order valence-corrected chi connectivity index (χ2v) is 7.91. The maximum Gasteiger partial charge on any atom is 0.301 e. The molecule has 1 N–H and O–H groups in total. The van der Waals surface area contributed by atoms with Gasteiger partial charge in [-0.3, -0.25) is 14.5 Å². The van der Waals surface area contributed by atoms with Crippen LogP contribution in [0.2, 0.25) is 0 Å². The summed E-state index contributed by atoms with van der Waals surface area (Å²) in [6, 6.07) is 13.8. The highest BCUT2D eigenvalue weighted by Crippen LogP contribution is 2.42. The van der Waals surface area contributed by atoms with Crippen molar-refractivity contribution in [3.05, 3.63) is 82.4 Å². The number of benzene rings is 2. The molecule has 4 rings (SSSR count). The minimum absolute atomic E-state index is 0.0399. The van der Waals surface area contributed by atoms with Crippen molar-refractivity contribution in [3.8, 4) is 5.75 Å². The number of rotatable bonds is 6. The van der Waals surface area contributed by atoms with E-state index in [1.54, 1.807) is 35.8 Å². The molecule has 31 heavy (non-hydrogen) atoms. The van der Waals surface area contributed by atoms with E-state index in [9.17, 15) is 14.7 Å². The molecule has 6 nitrogen and oxygen atoms in total. The fraction of sp³-hybridized carbons (Fsp3) is 0.208. The van der Waals surface area contributed by atoms with Crippen molar-refractivity contribution in [2.24, 2.45) is 0 Å². The van der Waals surface area contributed by atoms with Gasteiger partial charge in [0, 0.05) is 17.1 Å². The van der Waals surface area contributed by atoms with E-state index in [0.29, 0.717) is 23.1 Å². The number of hydrogen-bond donors (Lipinski definition) is 1. The third kappa shape index (κ3) is 3.84. The summed E-state index contributed by atoms with van der Waals surface area (Å²) in [6.45, 7) is 4.40. The quantitative estimate of drug-likeness (QED) is 0.345. The molecule has 0 spiro atoms. The van der Waals surface area contributed by atoms with Crippen molar-refractivity contribution in [1.82, 2.24) is 4.98 Å². The van der Waals surface area contributed by atoms with Gasteiger partial charge >= 0.3 is 5.91 Å². The SMILES string of the molecule is CCOc1cccc(C(O)=C2C(=O)C(=O)N(c3nccs3)C2c2ccc(CC)cc2)c1. The van der Waals surface area contributed by atoms with Crippen molar-refractivity contribution in [2.75, 3.05) is 11.5 Å². The normalized spacial score (nSPS) is 17.9. The zero-order valence-electron chi connectivity index (χ0n) is 17.2. The summed E-state index contributed by atoms with van der Waals surface area (Å²) in [5.74, 6) is -1.10. The molecule has 7 heteroatoms. The van der Waals surface area contributed by atoms with Gasteiger partial charge in [0.2, 0.25) is 0 Å². The van der Waals surface area contributed by atoms with E-state index in [1.165, 1.54) is 16.2 Å². The van der Waals surface area contributed by atoms with Crippen LogP contribution in [0, 0.1) is 0 Å². The molecule has 158 valence electrons. The number of aryl methyl sites for hydroxylation is 1. The molecule has 1 aromatic heterocycles. The average molecular weight is 435 g/mol. The standard InChI is InChI=1S/C24H22N2O4S/c1-3-15-8-10-16(11-9-15)20-19(21(27)17-6-5-7-18(14-17)30-4-2)22(28)23(29)26(20)24-25-12-13-31-24/h5-14,20,27H,3-4H2,1-2H3. The number of aromatic nitrogens is 1. The van der Waals surface area contributed by atoms with Crippen molar-refractivity contribution >= 4 is 33.9 Å². The van der Waals surface area contributed by atoms with Crippen LogP contribution in [0.25, 0.3) is 5.76 Å². The molecule has 3 aromatic rings. The molecule has 0 saturated carbocycles. The lowest BCUT2D eigenvalue weighted by atomic mass is 9.94. The predicted octanol–water partition coefficient (Wildman–Crippen LogP) is 4.73. The largest absolute Gasteiger partial charge is 0.507 e. The monoisotopic (exact) mass is 434 g/mol. The number of anilines is 1. The summed E-state index contributed by atoms with van der Waals surface area (Å²) >= 11 is 1.27. The minimum atomic E-state index is -0.771. The summed E-state index contributed by atoms with van der Waals surface area (Å²) in [6.07, 6.45) is 2.46. The Morgan fingerprint density at radius 3 is 2.58 bits per heavy atom. The van der Waals surface area contributed by atoms with E-state index in [-0.39, 0.29) is 11.3 Å². The zero-order chi connectivity index (χ0) is 22.0. The molecule has 1 atom stereocenters. The topological polar surface area (TPSA) is 79.7 Å². The lowest BCUT2D eigenvalue weighted by molar-refractivity contribution is -0.132. The number of aliphatic hydroxyl groups is 1. The van der Waals surface area contributed by atoms with Gasteiger partial charge < -0.3 is 9.84 Å². The predicted molar refractivity (Wildman–Crippen MR) is 120 cm³/mol. The summed E-state index contributed by atoms with van der Waals surface area (Å²) in [4.78, 5) is 31.7. The van der Waals surface area contributed by atoms with Gasteiger partial charge in [-0.25, -0.2) is 4.98 Å². The molecule has 2 heterocycles. The Balaban J connectivity index is 1.89. The number of nitrogens with zero attached hydrogens (tertiary/aromatic N) is 2. The fourth-order valence-corrected chi connectivity index (χ4v) is 4.34. The second kappa shape index (κ2) is 8.73. The van der Waals surface area contributed by atoms with E-state index in [4.69, 9.17) is 4.74 Å². The fourth-order valence-electron chi connectivity index (χ4n) is 3.67. The molecule has 1 aliphatic rings. The molecule has 0 radical (unpaired) electrons. The van der Waals surface area contributed by atoms with E-state index in [2.05, 4.69) is 11.9 Å². The minimum Gasteiger partial charge on any atom is -0.507 e. The van der Waals surface area contributed by atoms with Gasteiger partial charge in [-0.15, -0.1) is 11.3 Å². The third-order valence-corrected chi connectivity index (χ3v) is 5.96. The molecular weight excluding hydrogens is 412 g/mol. The van der Waals surface area contributed by atoms with Gasteiger partial charge in [0.15, 0.2) is 5.13 Å². The van der Waals surface area contributed by atoms with Crippen LogP contribution in [-0.2, 0) is 16.0 Å². The van der Waals surface area contributed by atoms with Crippen molar-refractivity contribution in [1.29, 1.82) is 0 Å². The number of amides is 1. The van der Waals surface area contributed by atoms with E-state index in [0.717, 1.165) is 17.5 Å². The maximum atomic E-state index is 13.1. The van der Waals surface area contributed by atoms with E-state index < -0.39 is 17.7 Å². The van der Waals surface area contributed by atoms with Crippen LogP contribution in [-0.4, -0.2) is 28.4 Å². The van der Waals surface area contributed by atoms with Gasteiger partial charge in [0.05, 0.1) is 18.2 Å². The van der Waals surface area contributed by atoms with Gasteiger partial charge in [-0.1, -0.05) is 43.3 Å². The zero-order valence-corrected chi connectivity index (χ0v) is 18.1. The van der Waals surface area contributed by atoms with Crippen molar-refractivity contribution in [3.63, 3.8) is 0 Å². The molecule has 1 amide bonds. The Morgan fingerprint density at radius 1 is 1.16 bits per heavy atom.